The number of pyridine rings is 1. The van der Waals surface area contributed by atoms with Crippen molar-refractivity contribution in [3.8, 4) is 0 Å². The van der Waals surface area contributed by atoms with E-state index in [1.54, 1.807) is 18.5 Å². The van der Waals surface area contributed by atoms with Crippen LogP contribution in [0.15, 0.2) is 24.5 Å². The van der Waals surface area contributed by atoms with Crippen LogP contribution in [0.4, 0.5) is 0 Å². The second kappa shape index (κ2) is 4.36. The summed E-state index contributed by atoms with van der Waals surface area (Å²) in [6, 6.07) is 3.61. The van der Waals surface area contributed by atoms with Crippen LogP contribution in [-0.4, -0.2) is 10.8 Å². The molecular formula is C12H17NO. The minimum atomic E-state index is 0.188. The Morgan fingerprint density at radius 1 is 1.43 bits per heavy atom. The molecule has 0 aliphatic carbocycles. The van der Waals surface area contributed by atoms with E-state index < -0.39 is 0 Å². The van der Waals surface area contributed by atoms with E-state index in [-0.39, 0.29) is 11.2 Å². The van der Waals surface area contributed by atoms with E-state index in [2.05, 4.69) is 25.8 Å². The third-order valence-electron chi connectivity index (χ3n) is 2.09. The summed E-state index contributed by atoms with van der Waals surface area (Å²) < 4.78 is 0. The van der Waals surface area contributed by atoms with Gasteiger partial charge in [0.25, 0.3) is 0 Å². The van der Waals surface area contributed by atoms with Gasteiger partial charge in [0.05, 0.1) is 0 Å². The summed E-state index contributed by atoms with van der Waals surface area (Å²) in [6.07, 6.45) is 4.83. The average molecular weight is 191 g/mol. The lowest BCUT2D eigenvalue weighted by atomic mass is 9.89. The highest BCUT2D eigenvalue weighted by Gasteiger charge is 2.13. The molecule has 1 rings (SSSR count). The quantitative estimate of drug-likeness (QED) is 0.687. The summed E-state index contributed by atoms with van der Waals surface area (Å²) in [5.41, 5.74) is 0.939. The monoisotopic (exact) mass is 191 g/mol. The van der Waals surface area contributed by atoms with Gasteiger partial charge in [-0.15, -0.1) is 0 Å². The van der Waals surface area contributed by atoms with Crippen molar-refractivity contribution in [3.63, 3.8) is 0 Å². The molecule has 0 radical (unpaired) electrons. The molecule has 1 aromatic rings. The molecule has 0 bridgehead atoms. The van der Waals surface area contributed by atoms with Crippen molar-refractivity contribution in [2.75, 3.05) is 0 Å². The molecule has 0 atom stereocenters. The number of aromatic nitrogens is 1. The van der Waals surface area contributed by atoms with Gasteiger partial charge in [0, 0.05) is 24.4 Å². The maximum Gasteiger partial charge on any atom is 0.164 e. The van der Waals surface area contributed by atoms with Crippen molar-refractivity contribution in [3.05, 3.63) is 30.1 Å². The third kappa shape index (κ3) is 3.69. The molecule has 1 heterocycles. The zero-order valence-corrected chi connectivity index (χ0v) is 9.08. The molecule has 2 heteroatoms. The largest absolute Gasteiger partial charge is 0.294 e. The van der Waals surface area contributed by atoms with Crippen LogP contribution in [0.1, 0.15) is 44.0 Å². The van der Waals surface area contributed by atoms with Crippen molar-refractivity contribution < 1.29 is 4.79 Å². The van der Waals surface area contributed by atoms with Crippen molar-refractivity contribution in [1.82, 2.24) is 4.98 Å². The van der Waals surface area contributed by atoms with Crippen molar-refractivity contribution in [2.45, 2.75) is 33.6 Å². The number of carbonyl (C=O) groups excluding carboxylic acids is 1. The van der Waals surface area contributed by atoms with Gasteiger partial charge in [-0.05, 0) is 24.0 Å². The molecule has 1 aromatic heterocycles. The molecule has 0 aliphatic rings. The molecule has 0 aliphatic heterocycles. The summed E-state index contributed by atoms with van der Waals surface area (Å²) in [6.45, 7) is 6.43. The predicted octanol–water partition coefficient (Wildman–Crippen LogP) is 3.09. The first-order valence-corrected chi connectivity index (χ1v) is 4.92. The highest BCUT2D eigenvalue weighted by molar-refractivity contribution is 5.95. The Morgan fingerprint density at radius 3 is 2.64 bits per heavy atom. The number of rotatable bonds is 3. The number of carbonyl (C=O) groups is 1. The van der Waals surface area contributed by atoms with Crippen molar-refractivity contribution in [1.29, 1.82) is 0 Å². The predicted molar refractivity (Wildman–Crippen MR) is 57.3 cm³/mol. The molecule has 0 unspecified atom stereocenters. The van der Waals surface area contributed by atoms with Gasteiger partial charge < -0.3 is 0 Å². The van der Waals surface area contributed by atoms with E-state index in [0.29, 0.717) is 6.42 Å². The van der Waals surface area contributed by atoms with E-state index in [4.69, 9.17) is 0 Å². The molecule has 0 N–H and O–H groups in total. The lowest BCUT2D eigenvalue weighted by molar-refractivity contribution is 0.0965. The smallest absolute Gasteiger partial charge is 0.164 e. The van der Waals surface area contributed by atoms with Gasteiger partial charge in [-0.25, -0.2) is 0 Å². The number of Topliss-reactive ketones (excluding diaryl/α,β-unsaturated/α-hetero) is 1. The molecular weight excluding hydrogens is 174 g/mol. The molecule has 0 saturated carbocycles. The maximum atomic E-state index is 11.7. The molecule has 76 valence electrons. The van der Waals surface area contributed by atoms with Crippen LogP contribution in [0.5, 0.6) is 0 Å². The fourth-order valence-corrected chi connectivity index (χ4v) is 1.16. The number of hydrogen-bond donors (Lipinski definition) is 0. The summed E-state index contributed by atoms with van der Waals surface area (Å²) in [5, 5.41) is 0. The standard InChI is InChI=1S/C12H17NO/c1-12(2,3)7-6-11(14)10-5-4-8-13-9-10/h4-5,8-9H,6-7H2,1-3H3. The van der Waals surface area contributed by atoms with Crippen LogP contribution in [0, 0.1) is 5.41 Å². The lowest BCUT2D eigenvalue weighted by Gasteiger charge is -2.16. The van der Waals surface area contributed by atoms with Gasteiger partial charge in [0.2, 0.25) is 0 Å². The highest BCUT2D eigenvalue weighted by Crippen LogP contribution is 2.21. The Labute approximate surface area is 85.4 Å². The van der Waals surface area contributed by atoms with Gasteiger partial charge in [-0.2, -0.15) is 0 Å². The van der Waals surface area contributed by atoms with Crippen LogP contribution < -0.4 is 0 Å². The minimum Gasteiger partial charge on any atom is -0.294 e. The second-order valence-corrected chi connectivity index (χ2v) is 4.73. The van der Waals surface area contributed by atoms with Crippen LogP contribution in [0.2, 0.25) is 0 Å². The molecule has 14 heavy (non-hydrogen) atoms. The molecule has 0 aromatic carbocycles. The Kier molecular flexibility index (Phi) is 3.39. The molecule has 0 spiro atoms. The summed E-state index contributed by atoms with van der Waals surface area (Å²) in [4.78, 5) is 15.6. The van der Waals surface area contributed by atoms with Gasteiger partial charge >= 0.3 is 0 Å². The molecule has 0 fully saturated rings. The summed E-state index contributed by atoms with van der Waals surface area (Å²) in [7, 11) is 0. The van der Waals surface area contributed by atoms with E-state index >= 15 is 0 Å². The van der Waals surface area contributed by atoms with E-state index in [9.17, 15) is 4.79 Å². The lowest BCUT2D eigenvalue weighted by Crippen LogP contribution is -2.09. The van der Waals surface area contributed by atoms with Gasteiger partial charge in [0.1, 0.15) is 0 Å². The molecule has 0 saturated heterocycles. The third-order valence-corrected chi connectivity index (χ3v) is 2.09. The maximum absolute atomic E-state index is 11.7. The normalized spacial score (nSPS) is 11.4. The first kappa shape index (κ1) is 10.9. The highest BCUT2D eigenvalue weighted by atomic mass is 16.1. The Balaban J connectivity index is 2.52. The van der Waals surface area contributed by atoms with Gasteiger partial charge in [-0.3, -0.25) is 9.78 Å². The van der Waals surface area contributed by atoms with Crippen LogP contribution in [-0.2, 0) is 0 Å². The zero-order valence-electron chi connectivity index (χ0n) is 9.08. The Morgan fingerprint density at radius 2 is 2.14 bits per heavy atom. The van der Waals surface area contributed by atoms with Crippen molar-refractivity contribution >= 4 is 5.78 Å². The number of ketones is 1. The van der Waals surface area contributed by atoms with Crippen molar-refractivity contribution in [2.24, 2.45) is 5.41 Å². The number of nitrogens with zero attached hydrogens (tertiary/aromatic N) is 1. The van der Waals surface area contributed by atoms with Gasteiger partial charge in [-0.1, -0.05) is 20.8 Å². The SMILES string of the molecule is CC(C)(C)CCC(=O)c1cccnc1. The fourth-order valence-electron chi connectivity index (χ4n) is 1.16. The summed E-state index contributed by atoms with van der Waals surface area (Å²) >= 11 is 0. The molecule has 0 amide bonds. The first-order valence-electron chi connectivity index (χ1n) is 4.92. The second-order valence-electron chi connectivity index (χ2n) is 4.73. The van der Waals surface area contributed by atoms with Crippen LogP contribution in [0.3, 0.4) is 0 Å². The summed E-state index contributed by atoms with van der Waals surface area (Å²) in [5.74, 6) is 0.188. The first-order chi connectivity index (χ1) is 6.49. The van der Waals surface area contributed by atoms with Gasteiger partial charge in [0.15, 0.2) is 5.78 Å². The minimum absolute atomic E-state index is 0.188. The Bertz CT molecular complexity index is 298. The van der Waals surface area contributed by atoms with Crippen LogP contribution >= 0.6 is 0 Å². The van der Waals surface area contributed by atoms with E-state index in [1.165, 1.54) is 0 Å². The van der Waals surface area contributed by atoms with E-state index in [1.807, 2.05) is 6.07 Å². The van der Waals surface area contributed by atoms with Crippen LogP contribution in [0.25, 0.3) is 0 Å². The topological polar surface area (TPSA) is 30.0 Å². The molecule has 2 nitrogen and oxygen atoms in total. The van der Waals surface area contributed by atoms with E-state index in [0.717, 1.165) is 12.0 Å². The fraction of sp³-hybridized carbons (Fsp3) is 0.500. The zero-order chi connectivity index (χ0) is 10.6. The average Bonchev–Trinajstić information content (AvgIpc) is 2.14. The number of hydrogen-bond acceptors (Lipinski definition) is 2. The Hall–Kier alpha value is -1.18.